The molecule has 2 heteroatoms. The molecule has 0 atom stereocenters. The molecule has 3 rings (SSSR count). The molecule has 74 valence electrons. The molecule has 0 radical (unpaired) electrons. The SMILES string of the molecule is CCc1cnc2ccc3ccccc3n12. The summed E-state index contributed by atoms with van der Waals surface area (Å²) in [6.45, 7) is 2.16. The van der Waals surface area contributed by atoms with Crippen LogP contribution in [0.25, 0.3) is 16.6 Å². The predicted octanol–water partition coefficient (Wildman–Crippen LogP) is 3.05. The Morgan fingerprint density at radius 1 is 1.13 bits per heavy atom. The summed E-state index contributed by atoms with van der Waals surface area (Å²) in [5.74, 6) is 0. The molecule has 0 aliphatic carbocycles. The highest BCUT2D eigenvalue weighted by Gasteiger charge is 2.04. The van der Waals surface area contributed by atoms with Crippen molar-refractivity contribution in [3.05, 3.63) is 48.3 Å². The van der Waals surface area contributed by atoms with Gasteiger partial charge in [-0.1, -0.05) is 25.1 Å². The number of fused-ring (bicyclic) bond motifs is 3. The summed E-state index contributed by atoms with van der Waals surface area (Å²) in [7, 11) is 0. The van der Waals surface area contributed by atoms with Crippen LogP contribution in [-0.2, 0) is 6.42 Å². The van der Waals surface area contributed by atoms with Crippen molar-refractivity contribution >= 4 is 16.6 Å². The molecule has 15 heavy (non-hydrogen) atoms. The van der Waals surface area contributed by atoms with Gasteiger partial charge in [0.2, 0.25) is 0 Å². The van der Waals surface area contributed by atoms with Crippen LogP contribution in [-0.4, -0.2) is 9.38 Å². The highest BCUT2D eigenvalue weighted by atomic mass is 15.0. The molecule has 2 heterocycles. The third-order valence-corrected chi connectivity index (χ3v) is 2.81. The maximum absolute atomic E-state index is 4.40. The average Bonchev–Trinajstić information content (AvgIpc) is 2.72. The second kappa shape index (κ2) is 3.09. The van der Waals surface area contributed by atoms with Crippen molar-refractivity contribution < 1.29 is 0 Å². The summed E-state index contributed by atoms with van der Waals surface area (Å²) in [5.41, 5.74) is 3.54. The van der Waals surface area contributed by atoms with Gasteiger partial charge in [-0.2, -0.15) is 0 Å². The number of rotatable bonds is 1. The van der Waals surface area contributed by atoms with Crippen LogP contribution in [0.5, 0.6) is 0 Å². The van der Waals surface area contributed by atoms with E-state index in [-0.39, 0.29) is 0 Å². The smallest absolute Gasteiger partial charge is 0.137 e. The summed E-state index contributed by atoms with van der Waals surface area (Å²) in [6.07, 6.45) is 2.97. The number of benzene rings is 1. The Morgan fingerprint density at radius 3 is 2.87 bits per heavy atom. The fourth-order valence-corrected chi connectivity index (χ4v) is 2.04. The van der Waals surface area contributed by atoms with Crippen LogP contribution in [0.4, 0.5) is 0 Å². The third-order valence-electron chi connectivity index (χ3n) is 2.81. The van der Waals surface area contributed by atoms with E-state index in [0.717, 1.165) is 12.1 Å². The van der Waals surface area contributed by atoms with Gasteiger partial charge >= 0.3 is 0 Å². The van der Waals surface area contributed by atoms with Gasteiger partial charge in [0.05, 0.1) is 5.52 Å². The lowest BCUT2D eigenvalue weighted by molar-refractivity contribution is 1.02. The standard InChI is InChI=1S/C13H12N2/c1-2-11-9-14-13-8-7-10-5-3-4-6-12(10)15(11)13/h3-9H,2H2,1H3. The zero-order valence-corrected chi connectivity index (χ0v) is 8.64. The second-order valence-electron chi connectivity index (χ2n) is 3.69. The van der Waals surface area contributed by atoms with Crippen molar-refractivity contribution in [2.75, 3.05) is 0 Å². The molecule has 1 aromatic carbocycles. The Balaban J connectivity index is 2.56. The molecule has 0 N–H and O–H groups in total. The maximum Gasteiger partial charge on any atom is 0.137 e. The number of hydrogen-bond donors (Lipinski definition) is 0. The fraction of sp³-hybridized carbons (Fsp3) is 0.154. The molecule has 0 unspecified atom stereocenters. The molecule has 0 spiro atoms. The number of pyridine rings is 1. The van der Waals surface area contributed by atoms with Gasteiger partial charge in [-0.15, -0.1) is 0 Å². The van der Waals surface area contributed by atoms with Crippen LogP contribution >= 0.6 is 0 Å². The van der Waals surface area contributed by atoms with Crippen molar-refractivity contribution in [2.24, 2.45) is 0 Å². The first-order chi connectivity index (χ1) is 7.40. The highest BCUT2D eigenvalue weighted by Crippen LogP contribution is 2.18. The zero-order chi connectivity index (χ0) is 10.3. The van der Waals surface area contributed by atoms with E-state index in [2.05, 4.69) is 52.7 Å². The monoisotopic (exact) mass is 196 g/mol. The molecular formula is C13H12N2. The summed E-state index contributed by atoms with van der Waals surface area (Å²) >= 11 is 0. The second-order valence-corrected chi connectivity index (χ2v) is 3.69. The van der Waals surface area contributed by atoms with E-state index >= 15 is 0 Å². The Bertz CT molecular complexity index is 623. The topological polar surface area (TPSA) is 17.3 Å². The van der Waals surface area contributed by atoms with E-state index in [9.17, 15) is 0 Å². The Morgan fingerprint density at radius 2 is 2.00 bits per heavy atom. The molecule has 0 fully saturated rings. The molecule has 2 nitrogen and oxygen atoms in total. The van der Waals surface area contributed by atoms with Crippen LogP contribution in [0.1, 0.15) is 12.6 Å². The minimum atomic E-state index is 1.01. The van der Waals surface area contributed by atoms with Gasteiger partial charge in [0.25, 0.3) is 0 Å². The van der Waals surface area contributed by atoms with Gasteiger partial charge in [0.1, 0.15) is 5.65 Å². The minimum absolute atomic E-state index is 1.01. The fourth-order valence-electron chi connectivity index (χ4n) is 2.04. The molecule has 0 bridgehead atoms. The average molecular weight is 196 g/mol. The zero-order valence-electron chi connectivity index (χ0n) is 8.64. The first kappa shape index (κ1) is 8.48. The van der Waals surface area contributed by atoms with Crippen molar-refractivity contribution in [3.8, 4) is 0 Å². The van der Waals surface area contributed by atoms with Gasteiger partial charge < -0.3 is 0 Å². The molecule has 0 saturated heterocycles. The number of imidazole rings is 1. The van der Waals surface area contributed by atoms with Gasteiger partial charge in [-0.3, -0.25) is 4.40 Å². The van der Waals surface area contributed by atoms with E-state index in [1.807, 2.05) is 6.20 Å². The third kappa shape index (κ3) is 1.14. The maximum atomic E-state index is 4.40. The molecule has 2 aromatic heterocycles. The molecule has 3 aromatic rings. The summed E-state index contributed by atoms with van der Waals surface area (Å²) in [4.78, 5) is 4.40. The molecule has 0 aliphatic heterocycles. The quantitative estimate of drug-likeness (QED) is 0.584. The van der Waals surface area contributed by atoms with E-state index in [1.54, 1.807) is 0 Å². The predicted molar refractivity (Wildman–Crippen MR) is 62.1 cm³/mol. The van der Waals surface area contributed by atoms with Crippen LogP contribution in [0.3, 0.4) is 0 Å². The normalized spacial score (nSPS) is 11.3. The number of para-hydroxylation sites is 1. The largest absolute Gasteiger partial charge is 0.297 e. The van der Waals surface area contributed by atoms with E-state index in [0.29, 0.717) is 0 Å². The molecular weight excluding hydrogens is 184 g/mol. The lowest BCUT2D eigenvalue weighted by Gasteiger charge is -2.04. The summed E-state index contributed by atoms with van der Waals surface area (Å²) < 4.78 is 2.23. The van der Waals surface area contributed by atoms with Crippen LogP contribution in [0.15, 0.2) is 42.6 Å². The van der Waals surface area contributed by atoms with Gasteiger partial charge in [0.15, 0.2) is 0 Å². The number of aromatic nitrogens is 2. The van der Waals surface area contributed by atoms with Gasteiger partial charge in [0, 0.05) is 11.9 Å². The lowest BCUT2D eigenvalue weighted by Crippen LogP contribution is -1.92. The Labute approximate surface area is 88.2 Å². The van der Waals surface area contributed by atoms with Crippen LogP contribution in [0, 0.1) is 0 Å². The number of nitrogens with zero attached hydrogens (tertiary/aromatic N) is 2. The summed E-state index contributed by atoms with van der Waals surface area (Å²) in [6, 6.07) is 12.6. The first-order valence-corrected chi connectivity index (χ1v) is 5.24. The van der Waals surface area contributed by atoms with Gasteiger partial charge in [-0.05, 0) is 30.0 Å². The van der Waals surface area contributed by atoms with Crippen molar-refractivity contribution in [2.45, 2.75) is 13.3 Å². The molecule has 0 aliphatic rings. The Hall–Kier alpha value is -1.83. The Kier molecular flexibility index (Phi) is 1.75. The van der Waals surface area contributed by atoms with E-state index in [1.165, 1.54) is 16.6 Å². The lowest BCUT2D eigenvalue weighted by atomic mass is 10.2. The molecule has 0 amide bonds. The van der Waals surface area contributed by atoms with E-state index < -0.39 is 0 Å². The van der Waals surface area contributed by atoms with Crippen molar-refractivity contribution in [1.29, 1.82) is 0 Å². The minimum Gasteiger partial charge on any atom is -0.297 e. The summed E-state index contributed by atoms with van der Waals surface area (Å²) in [5, 5.41) is 1.26. The highest BCUT2D eigenvalue weighted by molar-refractivity contribution is 5.82. The van der Waals surface area contributed by atoms with Crippen molar-refractivity contribution in [3.63, 3.8) is 0 Å². The van der Waals surface area contributed by atoms with Crippen molar-refractivity contribution in [1.82, 2.24) is 9.38 Å². The van der Waals surface area contributed by atoms with Crippen LogP contribution in [0.2, 0.25) is 0 Å². The van der Waals surface area contributed by atoms with E-state index in [4.69, 9.17) is 0 Å². The van der Waals surface area contributed by atoms with Crippen LogP contribution < -0.4 is 0 Å². The number of aryl methyl sites for hydroxylation is 1. The number of hydrogen-bond acceptors (Lipinski definition) is 1. The van der Waals surface area contributed by atoms with Gasteiger partial charge in [-0.25, -0.2) is 4.98 Å². The molecule has 0 saturated carbocycles. The first-order valence-electron chi connectivity index (χ1n) is 5.24.